The Morgan fingerprint density at radius 1 is 1.00 bits per heavy atom. The van der Waals surface area contributed by atoms with Crippen LogP contribution in [0.25, 0.3) is 0 Å². The summed E-state index contributed by atoms with van der Waals surface area (Å²) in [5.41, 5.74) is 5.55. The van der Waals surface area contributed by atoms with Gasteiger partial charge in [0.25, 0.3) is 0 Å². The quantitative estimate of drug-likeness (QED) is 0.688. The smallest absolute Gasteiger partial charge is 0.00746 e. The molecule has 1 saturated carbocycles. The minimum absolute atomic E-state index is 0.892. The van der Waals surface area contributed by atoms with Crippen molar-refractivity contribution in [2.45, 2.75) is 51.9 Å². The van der Waals surface area contributed by atoms with Crippen LogP contribution in [0.2, 0.25) is 0 Å². The van der Waals surface area contributed by atoms with Gasteiger partial charge in [-0.05, 0) is 24.8 Å². The molecule has 0 bridgehead atoms. The van der Waals surface area contributed by atoms with E-state index in [-0.39, 0.29) is 0 Å². The molecule has 2 N–H and O–H groups in total. The first-order chi connectivity index (χ1) is 5.86. The summed E-state index contributed by atoms with van der Waals surface area (Å²) in [4.78, 5) is 0. The van der Waals surface area contributed by atoms with E-state index in [1.807, 2.05) is 0 Å². The second kappa shape index (κ2) is 5.58. The molecule has 0 aromatic carbocycles. The summed E-state index contributed by atoms with van der Waals surface area (Å²) in [5, 5.41) is 0. The number of nitrogens with two attached hydrogens (primary N) is 1. The van der Waals surface area contributed by atoms with Crippen molar-refractivity contribution in [1.29, 1.82) is 0 Å². The Balaban J connectivity index is 2.11. The van der Waals surface area contributed by atoms with Gasteiger partial charge in [-0.1, -0.05) is 45.4 Å². The molecule has 1 aliphatic rings. The van der Waals surface area contributed by atoms with Gasteiger partial charge in [0.1, 0.15) is 0 Å². The van der Waals surface area contributed by atoms with Crippen LogP contribution >= 0.6 is 0 Å². The van der Waals surface area contributed by atoms with E-state index in [2.05, 4.69) is 6.92 Å². The van der Waals surface area contributed by atoms with E-state index in [1.54, 1.807) is 0 Å². The van der Waals surface area contributed by atoms with Gasteiger partial charge in [0.15, 0.2) is 0 Å². The normalized spacial score (nSPS) is 30.5. The first kappa shape index (κ1) is 10.0. The molecule has 72 valence electrons. The molecule has 0 aliphatic heterocycles. The molecular weight excluding hydrogens is 146 g/mol. The summed E-state index contributed by atoms with van der Waals surface area (Å²) in [7, 11) is 0. The Bertz CT molecular complexity index is 89.6. The molecule has 0 unspecified atom stereocenters. The van der Waals surface area contributed by atoms with Crippen LogP contribution in [0, 0.1) is 11.8 Å². The molecule has 0 atom stereocenters. The fourth-order valence-electron chi connectivity index (χ4n) is 2.45. The van der Waals surface area contributed by atoms with E-state index in [9.17, 15) is 0 Å². The van der Waals surface area contributed by atoms with Crippen molar-refractivity contribution in [3.05, 3.63) is 0 Å². The molecule has 0 amide bonds. The Hall–Kier alpha value is -0.0400. The van der Waals surface area contributed by atoms with Crippen molar-refractivity contribution in [2.24, 2.45) is 17.6 Å². The number of hydrogen-bond acceptors (Lipinski definition) is 1. The van der Waals surface area contributed by atoms with Gasteiger partial charge in [0.2, 0.25) is 0 Å². The third kappa shape index (κ3) is 3.14. The Morgan fingerprint density at radius 2 is 1.50 bits per heavy atom. The molecular formula is C11H23N. The molecule has 1 rings (SSSR count). The summed E-state index contributed by atoms with van der Waals surface area (Å²) in [6.07, 6.45) is 9.92. The highest BCUT2D eigenvalue weighted by atomic mass is 14.5. The number of hydrogen-bond donors (Lipinski definition) is 1. The van der Waals surface area contributed by atoms with E-state index in [4.69, 9.17) is 5.73 Å². The van der Waals surface area contributed by atoms with Crippen LogP contribution in [0.15, 0.2) is 0 Å². The van der Waals surface area contributed by atoms with Gasteiger partial charge in [0.05, 0.1) is 0 Å². The zero-order valence-corrected chi connectivity index (χ0v) is 8.39. The molecule has 1 fully saturated rings. The van der Waals surface area contributed by atoms with Crippen molar-refractivity contribution in [1.82, 2.24) is 0 Å². The van der Waals surface area contributed by atoms with Crippen LogP contribution in [0.4, 0.5) is 0 Å². The topological polar surface area (TPSA) is 26.0 Å². The van der Waals surface area contributed by atoms with Crippen LogP contribution in [-0.2, 0) is 0 Å². The molecule has 0 radical (unpaired) electrons. The lowest BCUT2D eigenvalue weighted by molar-refractivity contribution is 0.254. The lowest BCUT2D eigenvalue weighted by Crippen LogP contribution is -2.17. The van der Waals surface area contributed by atoms with Gasteiger partial charge >= 0.3 is 0 Å². The Labute approximate surface area is 76.7 Å². The van der Waals surface area contributed by atoms with Crippen molar-refractivity contribution < 1.29 is 0 Å². The summed E-state index contributed by atoms with van der Waals surface area (Å²) < 4.78 is 0. The van der Waals surface area contributed by atoms with Crippen molar-refractivity contribution in [3.63, 3.8) is 0 Å². The lowest BCUT2D eigenvalue weighted by Gasteiger charge is -2.27. The molecule has 0 spiro atoms. The first-order valence-electron chi connectivity index (χ1n) is 5.56. The minimum Gasteiger partial charge on any atom is -0.330 e. The van der Waals surface area contributed by atoms with Gasteiger partial charge in [-0.15, -0.1) is 0 Å². The SMILES string of the molecule is CCCC1CCC(CCN)CC1. The highest BCUT2D eigenvalue weighted by Crippen LogP contribution is 2.32. The average molecular weight is 169 g/mol. The Kier molecular flexibility index (Phi) is 4.67. The minimum atomic E-state index is 0.892. The van der Waals surface area contributed by atoms with E-state index in [0.717, 1.165) is 18.4 Å². The monoisotopic (exact) mass is 169 g/mol. The van der Waals surface area contributed by atoms with Gasteiger partial charge in [0, 0.05) is 0 Å². The maximum atomic E-state index is 5.55. The van der Waals surface area contributed by atoms with Crippen LogP contribution in [0.5, 0.6) is 0 Å². The summed E-state index contributed by atoms with van der Waals surface area (Å²) in [5.74, 6) is 2.01. The largest absolute Gasteiger partial charge is 0.330 e. The number of rotatable bonds is 4. The van der Waals surface area contributed by atoms with Crippen LogP contribution < -0.4 is 5.73 Å². The maximum Gasteiger partial charge on any atom is -0.00746 e. The molecule has 1 heteroatoms. The zero-order chi connectivity index (χ0) is 8.81. The fourth-order valence-corrected chi connectivity index (χ4v) is 2.45. The van der Waals surface area contributed by atoms with E-state index >= 15 is 0 Å². The first-order valence-corrected chi connectivity index (χ1v) is 5.56. The summed E-state index contributed by atoms with van der Waals surface area (Å²) in [6, 6.07) is 0. The predicted octanol–water partition coefficient (Wildman–Crippen LogP) is 2.94. The summed E-state index contributed by atoms with van der Waals surface area (Å²) in [6.45, 7) is 3.19. The van der Waals surface area contributed by atoms with Gasteiger partial charge in [-0.3, -0.25) is 0 Å². The van der Waals surface area contributed by atoms with Gasteiger partial charge in [-0.2, -0.15) is 0 Å². The maximum absolute atomic E-state index is 5.55. The van der Waals surface area contributed by atoms with E-state index in [0.29, 0.717) is 0 Å². The van der Waals surface area contributed by atoms with Crippen molar-refractivity contribution in [3.8, 4) is 0 Å². The molecule has 12 heavy (non-hydrogen) atoms. The van der Waals surface area contributed by atoms with E-state index < -0.39 is 0 Å². The molecule has 0 aromatic heterocycles. The third-order valence-corrected chi connectivity index (χ3v) is 3.24. The van der Waals surface area contributed by atoms with Crippen LogP contribution in [-0.4, -0.2) is 6.54 Å². The molecule has 1 aliphatic carbocycles. The van der Waals surface area contributed by atoms with E-state index in [1.165, 1.54) is 44.9 Å². The Morgan fingerprint density at radius 3 is 1.92 bits per heavy atom. The molecule has 0 heterocycles. The van der Waals surface area contributed by atoms with Crippen LogP contribution in [0.3, 0.4) is 0 Å². The van der Waals surface area contributed by atoms with Gasteiger partial charge < -0.3 is 5.73 Å². The fraction of sp³-hybridized carbons (Fsp3) is 1.00. The molecule has 0 aromatic rings. The molecule has 1 nitrogen and oxygen atoms in total. The predicted molar refractivity (Wildman–Crippen MR) is 54.0 cm³/mol. The van der Waals surface area contributed by atoms with Crippen molar-refractivity contribution >= 4 is 0 Å². The second-order valence-corrected chi connectivity index (χ2v) is 4.25. The van der Waals surface area contributed by atoms with Gasteiger partial charge in [-0.25, -0.2) is 0 Å². The standard InChI is InChI=1S/C11H23N/c1-2-3-10-4-6-11(7-5-10)8-9-12/h10-11H,2-9,12H2,1H3. The second-order valence-electron chi connectivity index (χ2n) is 4.25. The summed E-state index contributed by atoms with van der Waals surface area (Å²) >= 11 is 0. The third-order valence-electron chi connectivity index (χ3n) is 3.24. The highest BCUT2D eigenvalue weighted by molar-refractivity contribution is 4.72. The molecule has 0 saturated heterocycles. The average Bonchev–Trinajstić information content (AvgIpc) is 2.09. The lowest BCUT2D eigenvalue weighted by atomic mass is 9.79. The zero-order valence-electron chi connectivity index (χ0n) is 8.39. The van der Waals surface area contributed by atoms with Crippen molar-refractivity contribution in [2.75, 3.05) is 6.54 Å². The highest BCUT2D eigenvalue weighted by Gasteiger charge is 2.19. The van der Waals surface area contributed by atoms with Crippen LogP contribution in [0.1, 0.15) is 51.9 Å².